The zero-order valence-electron chi connectivity index (χ0n) is 4.23. The van der Waals surface area contributed by atoms with Crippen LogP contribution in [0.4, 0.5) is 0 Å². The fourth-order valence-electron chi connectivity index (χ4n) is 0.183. The number of nitrogens with one attached hydrogen (secondary N) is 1. The summed E-state index contributed by atoms with van der Waals surface area (Å²) in [5, 5.41) is 2.92. The van der Waals surface area contributed by atoms with Crippen LogP contribution in [0.5, 0.6) is 0 Å². The zero-order chi connectivity index (χ0) is 4.83. The Kier molecular flexibility index (Phi) is 4.34. The summed E-state index contributed by atoms with van der Waals surface area (Å²) in [5.74, 6) is 0. The molecule has 1 N–H and O–H groups in total. The largest absolute Gasteiger partial charge is 0.315 e. The molecule has 0 heterocycles. The van der Waals surface area contributed by atoms with Crippen molar-refractivity contribution < 1.29 is 0 Å². The molecule has 0 fully saturated rings. The lowest BCUT2D eigenvalue weighted by atomic mass is 10.7. The molecule has 0 rings (SSSR count). The lowest BCUT2D eigenvalue weighted by Crippen LogP contribution is -2.07. The van der Waals surface area contributed by atoms with Crippen molar-refractivity contribution in [2.45, 2.75) is 0 Å². The lowest BCUT2D eigenvalue weighted by molar-refractivity contribution is 0.956. The molecule has 0 unspecified atom stereocenters. The fourth-order valence-corrected chi connectivity index (χ4v) is 0.183. The molecule has 0 aromatic heterocycles. The SMILES string of the molecule is C/N=C\CNC. The second kappa shape index (κ2) is 4.63. The molecule has 0 saturated heterocycles. The Balaban J connectivity index is 2.66. The highest BCUT2D eigenvalue weighted by molar-refractivity contribution is 5.59. The van der Waals surface area contributed by atoms with E-state index in [2.05, 4.69) is 10.3 Å². The van der Waals surface area contributed by atoms with Gasteiger partial charge in [0.25, 0.3) is 0 Å². The molecule has 0 aliphatic heterocycles. The highest BCUT2D eigenvalue weighted by atomic mass is 14.8. The van der Waals surface area contributed by atoms with Crippen LogP contribution < -0.4 is 5.32 Å². The van der Waals surface area contributed by atoms with Crippen molar-refractivity contribution >= 4 is 6.21 Å². The van der Waals surface area contributed by atoms with Gasteiger partial charge in [0.2, 0.25) is 0 Å². The van der Waals surface area contributed by atoms with E-state index in [0.29, 0.717) is 0 Å². The monoisotopic (exact) mass is 86.1 g/mol. The van der Waals surface area contributed by atoms with E-state index in [0.717, 1.165) is 6.54 Å². The first-order valence-corrected chi connectivity index (χ1v) is 1.97. The number of hydrogen-bond acceptors (Lipinski definition) is 2. The van der Waals surface area contributed by atoms with E-state index in [9.17, 15) is 0 Å². The quantitative estimate of drug-likeness (QED) is 0.466. The van der Waals surface area contributed by atoms with Gasteiger partial charge in [0.1, 0.15) is 0 Å². The molecule has 2 nitrogen and oxygen atoms in total. The first-order valence-electron chi connectivity index (χ1n) is 1.97. The predicted molar refractivity (Wildman–Crippen MR) is 28.3 cm³/mol. The van der Waals surface area contributed by atoms with Crippen LogP contribution >= 0.6 is 0 Å². The van der Waals surface area contributed by atoms with Crippen molar-refractivity contribution in [3.63, 3.8) is 0 Å². The summed E-state index contributed by atoms with van der Waals surface area (Å²) in [6.07, 6.45) is 1.82. The second-order valence-corrected chi connectivity index (χ2v) is 0.998. The van der Waals surface area contributed by atoms with Crippen molar-refractivity contribution in [1.29, 1.82) is 0 Å². The molecular weight excluding hydrogens is 76.1 g/mol. The molecule has 0 spiro atoms. The maximum Gasteiger partial charge on any atom is 0.0301 e. The summed E-state index contributed by atoms with van der Waals surface area (Å²) in [4.78, 5) is 3.74. The average molecular weight is 86.1 g/mol. The Bertz CT molecular complexity index is 40.8. The van der Waals surface area contributed by atoms with E-state index in [1.165, 1.54) is 0 Å². The van der Waals surface area contributed by atoms with Crippen LogP contribution in [-0.2, 0) is 0 Å². The van der Waals surface area contributed by atoms with E-state index < -0.39 is 0 Å². The molecule has 6 heavy (non-hydrogen) atoms. The van der Waals surface area contributed by atoms with Gasteiger partial charge in [0.15, 0.2) is 0 Å². The third-order valence-electron chi connectivity index (χ3n) is 0.478. The van der Waals surface area contributed by atoms with E-state index in [4.69, 9.17) is 0 Å². The van der Waals surface area contributed by atoms with Crippen molar-refractivity contribution in [2.24, 2.45) is 4.99 Å². The highest BCUT2D eigenvalue weighted by Gasteiger charge is 1.62. The van der Waals surface area contributed by atoms with E-state index in [1.54, 1.807) is 7.05 Å². The summed E-state index contributed by atoms with van der Waals surface area (Å²) >= 11 is 0. The second-order valence-electron chi connectivity index (χ2n) is 0.998. The molecule has 0 aromatic rings. The Morgan fingerprint density at radius 2 is 2.50 bits per heavy atom. The summed E-state index contributed by atoms with van der Waals surface area (Å²) < 4.78 is 0. The van der Waals surface area contributed by atoms with Crippen LogP contribution in [0.3, 0.4) is 0 Å². The zero-order valence-corrected chi connectivity index (χ0v) is 4.23. The topological polar surface area (TPSA) is 24.4 Å². The van der Waals surface area contributed by atoms with Gasteiger partial charge in [-0.05, 0) is 7.05 Å². The minimum absolute atomic E-state index is 0.872. The van der Waals surface area contributed by atoms with E-state index in [1.807, 2.05) is 13.3 Å². The normalized spacial score (nSPS) is 10.3. The van der Waals surface area contributed by atoms with Gasteiger partial charge < -0.3 is 5.32 Å². The number of rotatable bonds is 2. The van der Waals surface area contributed by atoms with Gasteiger partial charge in [-0.2, -0.15) is 0 Å². The smallest absolute Gasteiger partial charge is 0.0301 e. The lowest BCUT2D eigenvalue weighted by Gasteiger charge is -1.81. The van der Waals surface area contributed by atoms with Crippen molar-refractivity contribution in [3.8, 4) is 0 Å². The molecule has 0 atom stereocenters. The number of hydrogen-bond donors (Lipinski definition) is 1. The fraction of sp³-hybridized carbons (Fsp3) is 0.750. The Hall–Kier alpha value is -0.370. The summed E-state index contributed by atoms with van der Waals surface area (Å²) in [6, 6.07) is 0. The van der Waals surface area contributed by atoms with Crippen molar-refractivity contribution in [2.75, 3.05) is 20.6 Å². The van der Waals surface area contributed by atoms with Gasteiger partial charge in [-0.3, -0.25) is 4.99 Å². The van der Waals surface area contributed by atoms with Crippen LogP contribution in [0.2, 0.25) is 0 Å². The van der Waals surface area contributed by atoms with Gasteiger partial charge in [0.05, 0.1) is 0 Å². The summed E-state index contributed by atoms with van der Waals surface area (Å²) in [5.41, 5.74) is 0. The predicted octanol–water partition coefficient (Wildman–Crippen LogP) is -0.0936. The van der Waals surface area contributed by atoms with Crippen molar-refractivity contribution in [1.82, 2.24) is 5.32 Å². The molecule has 0 bridgehead atoms. The summed E-state index contributed by atoms with van der Waals surface area (Å²) in [6.45, 7) is 0.872. The maximum absolute atomic E-state index is 3.74. The molecule has 0 saturated carbocycles. The average Bonchev–Trinajstić information content (AvgIpc) is 1.61. The number of nitrogens with zero attached hydrogens (tertiary/aromatic N) is 1. The first-order chi connectivity index (χ1) is 2.91. The molecule has 36 valence electrons. The molecule has 0 radical (unpaired) electrons. The minimum Gasteiger partial charge on any atom is -0.315 e. The van der Waals surface area contributed by atoms with Gasteiger partial charge in [-0.25, -0.2) is 0 Å². The van der Waals surface area contributed by atoms with E-state index in [-0.39, 0.29) is 0 Å². The Labute approximate surface area is 38.3 Å². The van der Waals surface area contributed by atoms with Crippen LogP contribution in [0.1, 0.15) is 0 Å². The van der Waals surface area contributed by atoms with Crippen molar-refractivity contribution in [3.05, 3.63) is 0 Å². The van der Waals surface area contributed by atoms with Crippen LogP contribution in [0.25, 0.3) is 0 Å². The third kappa shape index (κ3) is 3.63. The number of aliphatic imine (C=N–C) groups is 1. The van der Waals surface area contributed by atoms with E-state index >= 15 is 0 Å². The van der Waals surface area contributed by atoms with Crippen LogP contribution in [0, 0.1) is 0 Å². The maximum atomic E-state index is 3.74. The molecule has 0 aliphatic carbocycles. The molecule has 2 heteroatoms. The van der Waals surface area contributed by atoms with Gasteiger partial charge in [-0.1, -0.05) is 0 Å². The highest BCUT2D eigenvalue weighted by Crippen LogP contribution is 1.46. The summed E-state index contributed by atoms with van der Waals surface area (Å²) in [7, 11) is 3.65. The third-order valence-corrected chi connectivity index (χ3v) is 0.478. The van der Waals surface area contributed by atoms with Crippen LogP contribution in [0.15, 0.2) is 4.99 Å². The van der Waals surface area contributed by atoms with Crippen LogP contribution in [-0.4, -0.2) is 26.9 Å². The minimum atomic E-state index is 0.872. The molecule has 0 aliphatic rings. The molecular formula is C4H10N2. The molecule has 0 amide bonds. The van der Waals surface area contributed by atoms with Gasteiger partial charge in [-0.15, -0.1) is 0 Å². The van der Waals surface area contributed by atoms with Gasteiger partial charge in [0, 0.05) is 19.8 Å². The Morgan fingerprint density at radius 1 is 1.83 bits per heavy atom. The Morgan fingerprint density at radius 3 is 2.67 bits per heavy atom. The van der Waals surface area contributed by atoms with Gasteiger partial charge >= 0.3 is 0 Å². The molecule has 0 aromatic carbocycles. The standard InChI is InChI=1S/C4H10N2/c1-5-3-4-6-2/h3,6H,4H2,1-2H3/b5-3-. The first kappa shape index (κ1) is 5.63.